The first-order valence-corrected chi connectivity index (χ1v) is 7.10. The fourth-order valence-corrected chi connectivity index (χ4v) is 2.77. The lowest BCUT2D eigenvalue weighted by Crippen LogP contribution is -2.25. The molecule has 2 N–H and O–H groups in total. The fourth-order valence-electron chi connectivity index (χ4n) is 2.59. The number of nitrogens with two attached hydrogens (primary N) is 1. The van der Waals surface area contributed by atoms with Crippen LogP contribution in [0.5, 0.6) is 0 Å². The van der Waals surface area contributed by atoms with Gasteiger partial charge in [0.05, 0.1) is 0 Å². The Kier molecular flexibility index (Phi) is 4.18. The summed E-state index contributed by atoms with van der Waals surface area (Å²) in [4.78, 5) is 2.51. The van der Waals surface area contributed by atoms with Crippen LogP contribution in [0.3, 0.4) is 0 Å². The van der Waals surface area contributed by atoms with Crippen LogP contribution in [0.25, 0.3) is 0 Å². The molecule has 0 spiro atoms. The Morgan fingerprint density at radius 2 is 2.06 bits per heavy atom. The third-order valence-corrected chi connectivity index (χ3v) is 4.17. The molecule has 1 aromatic rings. The predicted octanol–water partition coefficient (Wildman–Crippen LogP) is 3.93. The summed E-state index contributed by atoms with van der Waals surface area (Å²) in [5, 5.41) is 0.716. The highest BCUT2D eigenvalue weighted by atomic mass is 35.5. The maximum absolute atomic E-state index is 6.02. The second-order valence-corrected chi connectivity index (χ2v) is 6.57. The molecule has 18 heavy (non-hydrogen) atoms. The van der Waals surface area contributed by atoms with Gasteiger partial charge in [-0.2, -0.15) is 0 Å². The maximum atomic E-state index is 6.02. The number of hydrogen-bond donors (Lipinski definition) is 1. The highest BCUT2D eigenvalue weighted by Gasteiger charge is 2.23. The van der Waals surface area contributed by atoms with E-state index in [1.165, 1.54) is 31.4 Å². The Morgan fingerprint density at radius 3 is 2.78 bits per heavy atom. The van der Waals surface area contributed by atoms with E-state index < -0.39 is 0 Å². The molecule has 1 heterocycles. The summed E-state index contributed by atoms with van der Waals surface area (Å²) in [6.45, 7) is 8.01. The highest BCUT2D eigenvalue weighted by molar-refractivity contribution is 6.30. The van der Waals surface area contributed by atoms with Crippen molar-refractivity contribution in [2.45, 2.75) is 39.7 Å². The van der Waals surface area contributed by atoms with Gasteiger partial charge in [0, 0.05) is 17.3 Å². The average Bonchev–Trinajstić information content (AvgIpc) is 2.44. The summed E-state index contributed by atoms with van der Waals surface area (Å²) in [7, 11) is 0. The van der Waals surface area contributed by atoms with Gasteiger partial charge >= 0.3 is 0 Å². The Balaban J connectivity index is 2.01. The number of nitrogen functional groups attached to an aromatic ring is 1. The van der Waals surface area contributed by atoms with E-state index in [1.54, 1.807) is 0 Å². The molecule has 1 saturated heterocycles. The van der Waals surface area contributed by atoms with Crippen LogP contribution < -0.4 is 5.73 Å². The smallest absolute Gasteiger partial charge is 0.0426 e. The van der Waals surface area contributed by atoms with E-state index in [-0.39, 0.29) is 0 Å². The Hall–Kier alpha value is -0.730. The molecule has 100 valence electrons. The second-order valence-electron chi connectivity index (χ2n) is 6.14. The van der Waals surface area contributed by atoms with Crippen LogP contribution in [0.2, 0.25) is 5.02 Å². The molecule has 0 saturated carbocycles. The van der Waals surface area contributed by atoms with E-state index in [2.05, 4.69) is 18.7 Å². The Bertz CT molecular complexity index is 415. The number of nitrogens with zero attached hydrogens (tertiary/aromatic N) is 1. The monoisotopic (exact) mass is 266 g/mol. The summed E-state index contributed by atoms with van der Waals surface area (Å²) < 4.78 is 0. The molecule has 0 amide bonds. The number of benzene rings is 1. The lowest BCUT2D eigenvalue weighted by molar-refractivity contribution is 0.256. The van der Waals surface area contributed by atoms with Crippen molar-refractivity contribution < 1.29 is 0 Å². The first kappa shape index (κ1) is 13.7. The van der Waals surface area contributed by atoms with Crippen molar-refractivity contribution in [3.05, 3.63) is 28.8 Å². The standard InChI is InChI=1S/C15H23ClN2/c1-15(2)6-3-8-18(9-7-15)11-12-4-5-13(16)10-14(12)17/h4-5,10H,3,6-9,11,17H2,1-2H3. The third kappa shape index (κ3) is 3.63. The summed E-state index contributed by atoms with van der Waals surface area (Å²) in [5.41, 5.74) is 8.51. The molecule has 3 heteroatoms. The molecular weight excluding hydrogens is 244 g/mol. The van der Waals surface area contributed by atoms with Gasteiger partial charge in [0.25, 0.3) is 0 Å². The molecule has 1 aliphatic rings. The topological polar surface area (TPSA) is 29.3 Å². The summed E-state index contributed by atoms with van der Waals surface area (Å²) in [6.07, 6.45) is 3.86. The van der Waals surface area contributed by atoms with Gasteiger partial charge in [0.15, 0.2) is 0 Å². The number of anilines is 1. The van der Waals surface area contributed by atoms with Crippen molar-refractivity contribution in [2.75, 3.05) is 18.8 Å². The number of halogens is 1. The zero-order valence-electron chi connectivity index (χ0n) is 11.4. The normalized spacial score (nSPS) is 20.6. The van der Waals surface area contributed by atoms with Gasteiger partial charge in [-0.15, -0.1) is 0 Å². The molecule has 2 nitrogen and oxygen atoms in total. The predicted molar refractivity (Wildman–Crippen MR) is 78.8 cm³/mol. The van der Waals surface area contributed by atoms with Gasteiger partial charge in [0.2, 0.25) is 0 Å². The van der Waals surface area contributed by atoms with Gasteiger partial charge in [-0.25, -0.2) is 0 Å². The first-order valence-electron chi connectivity index (χ1n) is 6.73. The summed E-state index contributed by atoms with van der Waals surface area (Å²) in [6, 6.07) is 5.82. The van der Waals surface area contributed by atoms with Crippen LogP contribution in [0.4, 0.5) is 5.69 Å². The number of likely N-dealkylation sites (tertiary alicyclic amines) is 1. The van der Waals surface area contributed by atoms with E-state index >= 15 is 0 Å². The van der Waals surface area contributed by atoms with E-state index in [0.717, 1.165) is 18.8 Å². The Morgan fingerprint density at radius 1 is 1.28 bits per heavy atom. The van der Waals surface area contributed by atoms with Crippen molar-refractivity contribution in [3.63, 3.8) is 0 Å². The minimum atomic E-state index is 0.486. The van der Waals surface area contributed by atoms with Gasteiger partial charge < -0.3 is 5.73 Å². The molecule has 1 fully saturated rings. The summed E-state index contributed by atoms with van der Waals surface area (Å²) >= 11 is 5.93. The molecule has 0 aromatic heterocycles. The van der Waals surface area contributed by atoms with Crippen LogP contribution in [0.1, 0.15) is 38.7 Å². The molecule has 1 aliphatic heterocycles. The molecular formula is C15H23ClN2. The minimum Gasteiger partial charge on any atom is -0.398 e. The molecule has 0 atom stereocenters. The van der Waals surface area contributed by atoms with Crippen molar-refractivity contribution in [3.8, 4) is 0 Å². The van der Waals surface area contributed by atoms with E-state index in [0.29, 0.717) is 10.4 Å². The first-order chi connectivity index (χ1) is 8.46. The molecule has 1 aromatic carbocycles. The van der Waals surface area contributed by atoms with Crippen molar-refractivity contribution in [1.29, 1.82) is 0 Å². The summed E-state index contributed by atoms with van der Waals surface area (Å²) in [5.74, 6) is 0. The quantitative estimate of drug-likeness (QED) is 0.822. The van der Waals surface area contributed by atoms with Crippen LogP contribution in [0.15, 0.2) is 18.2 Å². The highest BCUT2D eigenvalue weighted by Crippen LogP contribution is 2.30. The minimum absolute atomic E-state index is 0.486. The zero-order chi connectivity index (χ0) is 13.2. The molecule has 2 rings (SSSR count). The van der Waals surface area contributed by atoms with E-state index in [1.807, 2.05) is 18.2 Å². The number of hydrogen-bond acceptors (Lipinski definition) is 2. The second kappa shape index (κ2) is 5.50. The third-order valence-electron chi connectivity index (χ3n) is 3.93. The lowest BCUT2D eigenvalue weighted by atomic mass is 9.85. The van der Waals surface area contributed by atoms with Crippen LogP contribution in [-0.2, 0) is 6.54 Å². The molecule has 0 unspecified atom stereocenters. The van der Waals surface area contributed by atoms with Gasteiger partial charge in [-0.05, 0) is 55.5 Å². The van der Waals surface area contributed by atoms with Crippen molar-refractivity contribution in [1.82, 2.24) is 4.90 Å². The van der Waals surface area contributed by atoms with Gasteiger partial charge in [-0.1, -0.05) is 31.5 Å². The van der Waals surface area contributed by atoms with Gasteiger partial charge in [0.1, 0.15) is 0 Å². The average molecular weight is 267 g/mol. The van der Waals surface area contributed by atoms with Crippen LogP contribution >= 0.6 is 11.6 Å². The van der Waals surface area contributed by atoms with Crippen molar-refractivity contribution in [2.24, 2.45) is 5.41 Å². The lowest BCUT2D eigenvalue weighted by Gasteiger charge is -2.23. The Labute approximate surface area is 115 Å². The van der Waals surface area contributed by atoms with E-state index in [9.17, 15) is 0 Å². The molecule has 0 radical (unpaired) electrons. The van der Waals surface area contributed by atoms with E-state index in [4.69, 9.17) is 17.3 Å². The van der Waals surface area contributed by atoms with Crippen LogP contribution in [-0.4, -0.2) is 18.0 Å². The van der Waals surface area contributed by atoms with Gasteiger partial charge in [-0.3, -0.25) is 4.90 Å². The molecule has 0 bridgehead atoms. The largest absolute Gasteiger partial charge is 0.398 e. The van der Waals surface area contributed by atoms with Crippen LogP contribution in [0, 0.1) is 5.41 Å². The molecule has 0 aliphatic carbocycles. The SMILES string of the molecule is CC1(C)CCCN(Cc2ccc(Cl)cc2N)CC1. The maximum Gasteiger partial charge on any atom is 0.0426 e. The fraction of sp³-hybridized carbons (Fsp3) is 0.600. The number of rotatable bonds is 2. The zero-order valence-corrected chi connectivity index (χ0v) is 12.1. The van der Waals surface area contributed by atoms with Crippen molar-refractivity contribution >= 4 is 17.3 Å².